The van der Waals surface area contributed by atoms with Gasteiger partial charge in [0.25, 0.3) is 5.91 Å². The molecule has 2 aliphatic rings. The van der Waals surface area contributed by atoms with Gasteiger partial charge in [-0.3, -0.25) is 4.79 Å². The topological polar surface area (TPSA) is 70.7 Å². The smallest absolute Gasteiger partial charge is 0.317 e. The lowest BCUT2D eigenvalue weighted by atomic mass is 10.0. The van der Waals surface area contributed by atoms with Gasteiger partial charge in [-0.25, -0.2) is 4.79 Å². The number of likely N-dealkylation sites (tertiary alicyclic amines) is 1. The number of ether oxygens (including phenoxy) is 1. The minimum atomic E-state index is -0.157. The SMILES string of the molecule is CC1CCCN(C(=O)NC(C)c2ccc3c(c2)NC(=O)CO3)CC1. The minimum absolute atomic E-state index is 0.0189. The standard InChI is InChI=1S/C18H25N3O3/c1-12-4-3-8-21(9-7-12)18(23)19-13(2)14-5-6-16-15(10-14)20-17(22)11-24-16/h5-6,10,12-13H,3-4,7-9,11H2,1-2H3,(H,19,23)(H,20,22). The number of nitrogens with one attached hydrogen (secondary N) is 2. The summed E-state index contributed by atoms with van der Waals surface area (Å²) in [6.07, 6.45) is 3.30. The van der Waals surface area contributed by atoms with Crippen LogP contribution in [0.4, 0.5) is 10.5 Å². The summed E-state index contributed by atoms with van der Waals surface area (Å²) >= 11 is 0. The van der Waals surface area contributed by atoms with E-state index in [9.17, 15) is 9.59 Å². The molecule has 0 radical (unpaired) electrons. The summed E-state index contributed by atoms with van der Waals surface area (Å²) in [6, 6.07) is 5.46. The van der Waals surface area contributed by atoms with E-state index < -0.39 is 0 Å². The lowest BCUT2D eigenvalue weighted by Gasteiger charge is -2.25. The van der Waals surface area contributed by atoms with Gasteiger partial charge >= 0.3 is 6.03 Å². The second-order valence-electron chi connectivity index (χ2n) is 6.79. The van der Waals surface area contributed by atoms with Gasteiger partial charge in [0, 0.05) is 13.1 Å². The third-order valence-corrected chi connectivity index (χ3v) is 4.78. The number of nitrogens with zero attached hydrogens (tertiary/aromatic N) is 1. The molecule has 1 aromatic carbocycles. The number of hydrogen-bond acceptors (Lipinski definition) is 3. The quantitative estimate of drug-likeness (QED) is 0.875. The van der Waals surface area contributed by atoms with Crippen LogP contribution in [0.1, 0.15) is 44.7 Å². The second-order valence-corrected chi connectivity index (χ2v) is 6.79. The predicted molar refractivity (Wildman–Crippen MR) is 92.1 cm³/mol. The van der Waals surface area contributed by atoms with Crippen molar-refractivity contribution in [2.75, 3.05) is 25.0 Å². The minimum Gasteiger partial charge on any atom is -0.482 e. The Labute approximate surface area is 142 Å². The highest BCUT2D eigenvalue weighted by Crippen LogP contribution is 2.30. The molecule has 2 unspecified atom stereocenters. The fourth-order valence-electron chi connectivity index (χ4n) is 3.20. The maximum Gasteiger partial charge on any atom is 0.317 e. The Bertz CT molecular complexity index is 632. The molecule has 1 saturated heterocycles. The third-order valence-electron chi connectivity index (χ3n) is 4.78. The number of benzene rings is 1. The first kappa shape index (κ1) is 16.6. The molecular formula is C18H25N3O3. The van der Waals surface area contributed by atoms with Crippen LogP contribution in [0, 0.1) is 5.92 Å². The molecule has 1 aromatic rings. The fraction of sp³-hybridized carbons (Fsp3) is 0.556. The van der Waals surface area contributed by atoms with Gasteiger partial charge in [0.1, 0.15) is 5.75 Å². The van der Waals surface area contributed by atoms with Crippen LogP contribution in [0.25, 0.3) is 0 Å². The summed E-state index contributed by atoms with van der Waals surface area (Å²) in [5, 5.41) is 5.86. The maximum absolute atomic E-state index is 12.5. The van der Waals surface area contributed by atoms with Gasteiger partial charge in [-0.2, -0.15) is 0 Å². The molecular weight excluding hydrogens is 306 g/mol. The van der Waals surface area contributed by atoms with Crippen molar-refractivity contribution < 1.29 is 14.3 Å². The Morgan fingerprint density at radius 2 is 2.21 bits per heavy atom. The number of rotatable bonds is 2. The van der Waals surface area contributed by atoms with Crippen LogP contribution in [0.5, 0.6) is 5.75 Å². The van der Waals surface area contributed by atoms with Crippen LogP contribution in [-0.4, -0.2) is 36.5 Å². The molecule has 0 bridgehead atoms. The van der Waals surface area contributed by atoms with Gasteiger partial charge in [0.15, 0.2) is 6.61 Å². The van der Waals surface area contributed by atoms with Crippen LogP contribution in [-0.2, 0) is 4.79 Å². The first-order valence-corrected chi connectivity index (χ1v) is 8.65. The average Bonchev–Trinajstić information content (AvgIpc) is 2.78. The molecule has 6 heteroatoms. The molecule has 2 heterocycles. The summed E-state index contributed by atoms with van der Waals surface area (Å²) in [5.74, 6) is 1.19. The van der Waals surface area contributed by atoms with E-state index in [1.807, 2.05) is 30.0 Å². The van der Waals surface area contributed by atoms with Gasteiger partial charge in [-0.15, -0.1) is 0 Å². The van der Waals surface area contributed by atoms with Crippen LogP contribution < -0.4 is 15.4 Å². The molecule has 3 amide bonds. The van der Waals surface area contributed by atoms with Crippen molar-refractivity contribution in [2.24, 2.45) is 5.92 Å². The predicted octanol–water partition coefficient (Wildman–Crippen LogP) is 2.91. The molecule has 3 rings (SSSR count). The van der Waals surface area contributed by atoms with Crippen molar-refractivity contribution in [1.82, 2.24) is 10.2 Å². The Morgan fingerprint density at radius 1 is 1.38 bits per heavy atom. The molecule has 2 aliphatic heterocycles. The van der Waals surface area contributed by atoms with Crippen molar-refractivity contribution in [1.29, 1.82) is 0 Å². The summed E-state index contributed by atoms with van der Waals surface area (Å²) in [6.45, 7) is 5.87. The van der Waals surface area contributed by atoms with Crippen molar-refractivity contribution in [3.05, 3.63) is 23.8 Å². The Morgan fingerprint density at radius 3 is 3.04 bits per heavy atom. The number of carbonyl (C=O) groups is 2. The van der Waals surface area contributed by atoms with Gasteiger partial charge in [0.05, 0.1) is 11.7 Å². The van der Waals surface area contributed by atoms with E-state index in [0.29, 0.717) is 17.4 Å². The van der Waals surface area contributed by atoms with Crippen molar-refractivity contribution in [3.8, 4) is 5.75 Å². The summed E-state index contributed by atoms with van der Waals surface area (Å²) in [7, 11) is 0. The molecule has 0 aliphatic carbocycles. The monoisotopic (exact) mass is 331 g/mol. The zero-order valence-electron chi connectivity index (χ0n) is 14.3. The molecule has 2 N–H and O–H groups in total. The summed E-state index contributed by atoms with van der Waals surface area (Å²) in [4.78, 5) is 25.8. The molecule has 0 aromatic heterocycles. The molecule has 1 fully saturated rings. The van der Waals surface area contributed by atoms with E-state index in [-0.39, 0.29) is 24.6 Å². The van der Waals surface area contributed by atoms with Crippen LogP contribution in [0.3, 0.4) is 0 Å². The number of anilines is 1. The molecule has 0 saturated carbocycles. The second kappa shape index (κ2) is 7.11. The average molecular weight is 331 g/mol. The fourth-order valence-corrected chi connectivity index (χ4v) is 3.20. The zero-order valence-corrected chi connectivity index (χ0v) is 14.3. The Hall–Kier alpha value is -2.24. The molecule has 130 valence electrons. The molecule has 6 nitrogen and oxygen atoms in total. The highest BCUT2D eigenvalue weighted by molar-refractivity contribution is 5.95. The summed E-state index contributed by atoms with van der Waals surface area (Å²) in [5.41, 5.74) is 1.60. The zero-order chi connectivity index (χ0) is 17.1. The van der Waals surface area contributed by atoms with E-state index in [2.05, 4.69) is 17.6 Å². The first-order valence-electron chi connectivity index (χ1n) is 8.65. The molecule has 0 spiro atoms. The van der Waals surface area contributed by atoms with Crippen molar-refractivity contribution >= 4 is 17.6 Å². The Kier molecular flexibility index (Phi) is 4.92. The van der Waals surface area contributed by atoms with E-state index in [0.717, 1.165) is 31.5 Å². The number of carbonyl (C=O) groups excluding carboxylic acids is 2. The Balaban J connectivity index is 1.64. The maximum atomic E-state index is 12.5. The third kappa shape index (κ3) is 3.80. The largest absolute Gasteiger partial charge is 0.482 e. The van der Waals surface area contributed by atoms with Crippen molar-refractivity contribution in [3.63, 3.8) is 0 Å². The van der Waals surface area contributed by atoms with E-state index in [4.69, 9.17) is 4.74 Å². The van der Waals surface area contributed by atoms with Gasteiger partial charge in [-0.1, -0.05) is 13.0 Å². The number of urea groups is 1. The van der Waals surface area contributed by atoms with Crippen LogP contribution in [0.15, 0.2) is 18.2 Å². The van der Waals surface area contributed by atoms with Crippen molar-refractivity contribution in [2.45, 2.75) is 39.2 Å². The van der Waals surface area contributed by atoms with Crippen LogP contribution in [0.2, 0.25) is 0 Å². The first-order chi connectivity index (χ1) is 11.5. The number of fused-ring (bicyclic) bond motifs is 1. The molecule has 2 atom stereocenters. The van der Waals surface area contributed by atoms with E-state index in [1.165, 1.54) is 6.42 Å². The van der Waals surface area contributed by atoms with Gasteiger partial charge in [-0.05, 0) is 49.8 Å². The summed E-state index contributed by atoms with van der Waals surface area (Å²) < 4.78 is 5.36. The van der Waals surface area contributed by atoms with Gasteiger partial charge in [0.2, 0.25) is 0 Å². The lowest BCUT2D eigenvalue weighted by molar-refractivity contribution is -0.118. The highest BCUT2D eigenvalue weighted by Gasteiger charge is 2.21. The van der Waals surface area contributed by atoms with Crippen LogP contribution >= 0.6 is 0 Å². The lowest BCUT2D eigenvalue weighted by Crippen LogP contribution is -2.41. The number of hydrogen-bond donors (Lipinski definition) is 2. The normalized spacial score (nSPS) is 21.8. The van der Waals surface area contributed by atoms with E-state index >= 15 is 0 Å². The highest BCUT2D eigenvalue weighted by atomic mass is 16.5. The van der Waals surface area contributed by atoms with Gasteiger partial charge < -0.3 is 20.3 Å². The molecule has 24 heavy (non-hydrogen) atoms. The number of amides is 3. The van der Waals surface area contributed by atoms with E-state index in [1.54, 1.807) is 0 Å².